The van der Waals surface area contributed by atoms with E-state index in [0.29, 0.717) is 31.0 Å². The van der Waals surface area contributed by atoms with Crippen LogP contribution in [0.5, 0.6) is 11.5 Å². The zero-order chi connectivity index (χ0) is 20.0. The topological polar surface area (TPSA) is 84.9 Å². The summed E-state index contributed by atoms with van der Waals surface area (Å²) in [6.45, 7) is 0.718. The largest absolute Gasteiger partial charge is 0.497 e. The maximum absolute atomic E-state index is 12.5. The van der Waals surface area contributed by atoms with Crippen LogP contribution in [-0.2, 0) is 27.8 Å². The van der Waals surface area contributed by atoms with Gasteiger partial charge in [-0.05, 0) is 41.8 Å². The Morgan fingerprint density at radius 3 is 2.46 bits per heavy atom. The van der Waals surface area contributed by atoms with Crippen LogP contribution in [0.25, 0.3) is 0 Å². The summed E-state index contributed by atoms with van der Waals surface area (Å²) in [7, 11) is -1.86. The summed E-state index contributed by atoms with van der Waals surface area (Å²) in [5.74, 6) is 0.733. The van der Waals surface area contributed by atoms with Gasteiger partial charge in [-0.25, -0.2) is 8.42 Å². The Labute approximate surface area is 165 Å². The molecule has 1 N–H and O–H groups in total. The normalized spacial score (nSPS) is 14.2. The van der Waals surface area contributed by atoms with Gasteiger partial charge in [-0.2, -0.15) is 4.31 Å². The Hall–Kier alpha value is -2.58. The Morgan fingerprint density at radius 2 is 1.75 bits per heavy atom. The van der Waals surface area contributed by atoms with Crippen molar-refractivity contribution in [2.75, 3.05) is 32.6 Å². The fraction of sp³-hybridized carbons (Fsp3) is 0.350. The molecule has 0 aromatic heterocycles. The predicted octanol–water partition coefficient (Wildman–Crippen LogP) is 1.58. The third kappa shape index (κ3) is 5.24. The lowest BCUT2D eigenvalue weighted by atomic mass is 10.0. The van der Waals surface area contributed by atoms with Crippen LogP contribution in [0.3, 0.4) is 0 Å². The van der Waals surface area contributed by atoms with E-state index in [2.05, 4.69) is 5.32 Å². The molecule has 2 aromatic rings. The first-order valence-corrected chi connectivity index (χ1v) is 10.7. The second-order valence-corrected chi connectivity index (χ2v) is 8.57. The molecule has 1 aliphatic heterocycles. The molecular weight excluding hydrogens is 380 g/mol. The number of carbonyl (C=O) groups excluding carboxylic acids is 1. The lowest BCUT2D eigenvalue weighted by Crippen LogP contribution is -2.41. The van der Waals surface area contributed by atoms with E-state index in [1.807, 2.05) is 24.3 Å². The van der Waals surface area contributed by atoms with Gasteiger partial charge in [0, 0.05) is 19.6 Å². The van der Waals surface area contributed by atoms with Crippen molar-refractivity contribution in [2.24, 2.45) is 0 Å². The summed E-state index contributed by atoms with van der Waals surface area (Å²) in [5, 5.41) is 2.60. The number of methoxy groups -OCH3 is 1. The lowest BCUT2D eigenvalue weighted by Gasteiger charge is -2.28. The number of carbonyl (C=O) groups is 1. The molecule has 0 bridgehead atoms. The van der Waals surface area contributed by atoms with Crippen molar-refractivity contribution in [1.29, 1.82) is 0 Å². The van der Waals surface area contributed by atoms with Crippen LogP contribution in [0.2, 0.25) is 0 Å². The summed E-state index contributed by atoms with van der Waals surface area (Å²) in [6.07, 6.45) is 0.706. The Balaban J connectivity index is 1.42. The fourth-order valence-electron chi connectivity index (χ4n) is 3.03. The van der Waals surface area contributed by atoms with Crippen LogP contribution in [0.1, 0.15) is 11.1 Å². The minimum atomic E-state index is -3.43. The number of hydrogen-bond donors (Lipinski definition) is 1. The zero-order valence-electron chi connectivity index (χ0n) is 15.8. The summed E-state index contributed by atoms with van der Waals surface area (Å²) < 4.78 is 37.0. The van der Waals surface area contributed by atoms with Crippen molar-refractivity contribution < 1.29 is 22.7 Å². The molecule has 150 valence electrons. The highest BCUT2D eigenvalue weighted by molar-refractivity contribution is 7.89. The van der Waals surface area contributed by atoms with Gasteiger partial charge in [0.1, 0.15) is 11.5 Å². The number of benzene rings is 2. The number of hydrogen-bond acceptors (Lipinski definition) is 5. The van der Waals surface area contributed by atoms with Gasteiger partial charge in [0.15, 0.2) is 6.61 Å². The van der Waals surface area contributed by atoms with E-state index in [0.717, 1.165) is 5.56 Å². The van der Waals surface area contributed by atoms with Crippen LogP contribution in [0.4, 0.5) is 0 Å². The van der Waals surface area contributed by atoms with Crippen molar-refractivity contribution in [3.05, 3.63) is 59.7 Å². The third-order valence-corrected chi connectivity index (χ3v) is 6.42. The van der Waals surface area contributed by atoms with Crippen molar-refractivity contribution >= 4 is 15.9 Å². The smallest absolute Gasteiger partial charge is 0.257 e. The molecule has 0 saturated heterocycles. The molecule has 3 rings (SSSR count). The lowest BCUT2D eigenvalue weighted by molar-refractivity contribution is -0.122. The van der Waals surface area contributed by atoms with E-state index in [1.165, 1.54) is 9.87 Å². The van der Waals surface area contributed by atoms with Gasteiger partial charge in [0.2, 0.25) is 10.0 Å². The van der Waals surface area contributed by atoms with Crippen LogP contribution in [-0.4, -0.2) is 51.2 Å². The van der Waals surface area contributed by atoms with Gasteiger partial charge in [0.05, 0.1) is 12.9 Å². The maximum Gasteiger partial charge on any atom is 0.257 e. The molecule has 28 heavy (non-hydrogen) atoms. The SMILES string of the molecule is COc1ccc(OCC(=O)NCCS(=O)(=O)N2CCc3ccccc3C2)cc1. The predicted molar refractivity (Wildman–Crippen MR) is 106 cm³/mol. The zero-order valence-corrected chi connectivity index (χ0v) is 16.6. The molecular formula is C20H24N2O5S. The van der Waals surface area contributed by atoms with E-state index < -0.39 is 10.0 Å². The molecule has 0 saturated carbocycles. The maximum atomic E-state index is 12.5. The Bertz CT molecular complexity index is 912. The quantitative estimate of drug-likeness (QED) is 0.722. The highest BCUT2D eigenvalue weighted by Gasteiger charge is 2.26. The molecule has 0 atom stereocenters. The van der Waals surface area contributed by atoms with Gasteiger partial charge >= 0.3 is 0 Å². The van der Waals surface area contributed by atoms with Gasteiger partial charge < -0.3 is 14.8 Å². The number of ether oxygens (including phenoxy) is 2. The monoisotopic (exact) mass is 404 g/mol. The standard InChI is InChI=1S/C20H24N2O5S/c1-26-18-6-8-19(9-7-18)27-15-20(23)21-11-13-28(24,25)22-12-10-16-4-2-3-5-17(16)14-22/h2-9H,10-15H2,1H3,(H,21,23). The first-order chi connectivity index (χ1) is 13.5. The average molecular weight is 404 g/mol. The molecule has 7 nitrogen and oxygen atoms in total. The van der Waals surface area contributed by atoms with Crippen LogP contribution in [0, 0.1) is 0 Å². The molecule has 0 aliphatic carbocycles. The van der Waals surface area contributed by atoms with Gasteiger partial charge in [0.25, 0.3) is 5.91 Å². The van der Waals surface area contributed by atoms with Crippen molar-refractivity contribution in [3.63, 3.8) is 0 Å². The average Bonchev–Trinajstić information content (AvgIpc) is 2.72. The minimum absolute atomic E-state index is 0.0469. The van der Waals surface area contributed by atoms with E-state index >= 15 is 0 Å². The number of nitrogens with one attached hydrogen (secondary N) is 1. The first-order valence-electron chi connectivity index (χ1n) is 9.06. The Morgan fingerprint density at radius 1 is 1.07 bits per heavy atom. The second-order valence-electron chi connectivity index (χ2n) is 6.48. The third-order valence-electron chi connectivity index (χ3n) is 4.60. The fourth-order valence-corrected chi connectivity index (χ4v) is 4.35. The summed E-state index contributed by atoms with van der Waals surface area (Å²) in [6, 6.07) is 14.7. The van der Waals surface area contributed by atoms with E-state index in [1.54, 1.807) is 31.4 Å². The van der Waals surface area contributed by atoms with Crippen molar-refractivity contribution in [1.82, 2.24) is 9.62 Å². The highest BCUT2D eigenvalue weighted by Crippen LogP contribution is 2.21. The summed E-state index contributed by atoms with van der Waals surface area (Å²) >= 11 is 0. The van der Waals surface area contributed by atoms with Crippen molar-refractivity contribution in [3.8, 4) is 11.5 Å². The molecule has 0 spiro atoms. The van der Waals surface area contributed by atoms with Crippen LogP contribution in [0.15, 0.2) is 48.5 Å². The van der Waals surface area contributed by atoms with Crippen LogP contribution < -0.4 is 14.8 Å². The summed E-state index contributed by atoms with van der Waals surface area (Å²) in [4.78, 5) is 11.9. The first kappa shape index (κ1) is 20.2. The molecule has 2 aromatic carbocycles. The van der Waals surface area contributed by atoms with Gasteiger partial charge in [-0.1, -0.05) is 24.3 Å². The number of nitrogens with zero attached hydrogens (tertiary/aromatic N) is 1. The van der Waals surface area contributed by atoms with Gasteiger partial charge in [-0.3, -0.25) is 4.79 Å². The molecule has 1 heterocycles. The van der Waals surface area contributed by atoms with Crippen LogP contribution >= 0.6 is 0 Å². The Kier molecular flexibility index (Phi) is 6.53. The number of rotatable bonds is 8. The highest BCUT2D eigenvalue weighted by atomic mass is 32.2. The van der Waals surface area contributed by atoms with E-state index in [4.69, 9.17) is 9.47 Å². The molecule has 0 unspecified atom stereocenters. The summed E-state index contributed by atoms with van der Waals surface area (Å²) in [5.41, 5.74) is 2.23. The molecule has 8 heteroatoms. The number of amides is 1. The van der Waals surface area contributed by atoms with E-state index in [-0.39, 0.29) is 24.8 Å². The van der Waals surface area contributed by atoms with Crippen molar-refractivity contribution in [2.45, 2.75) is 13.0 Å². The minimum Gasteiger partial charge on any atom is -0.497 e. The van der Waals surface area contributed by atoms with E-state index in [9.17, 15) is 13.2 Å². The molecule has 1 amide bonds. The molecule has 0 radical (unpaired) electrons. The van der Waals surface area contributed by atoms with Gasteiger partial charge in [-0.15, -0.1) is 0 Å². The molecule has 0 fully saturated rings. The number of fused-ring (bicyclic) bond motifs is 1. The molecule has 1 aliphatic rings. The number of sulfonamides is 1. The second kappa shape index (κ2) is 9.07.